The summed E-state index contributed by atoms with van der Waals surface area (Å²) in [4.78, 5) is 11.7. The number of aromatic amines is 1. The van der Waals surface area contributed by atoms with Crippen molar-refractivity contribution >= 4 is 6.03 Å². The summed E-state index contributed by atoms with van der Waals surface area (Å²) < 4.78 is 5.55. The minimum atomic E-state index is -0.114. The van der Waals surface area contributed by atoms with E-state index in [0.717, 1.165) is 38.0 Å². The number of aromatic nitrogens is 2. The predicted molar refractivity (Wildman–Crippen MR) is 76.6 cm³/mol. The standard InChI is InChI=1S/C14H24N4O2/c1-10-12(9-16-18-10)5-3-7-15-14(19)17-11(2)13-6-4-8-20-13/h9,11,13H,3-8H2,1-2H3,(H,16,18)(H2,15,17,19)/t11-,13+/m0/s1. The molecule has 3 N–H and O–H groups in total. The van der Waals surface area contributed by atoms with E-state index >= 15 is 0 Å². The molecule has 1 aliphatic heterocycles. The highest BCUT2D eigenvalue weighted by Gasteiger charge is 2.23. The van der Waals surface area contributed by atoms with Crippen LogP contribution in [-0.2, 0) is 11.2 Å². The molecule has 0 spiro atoms. The van der Waals surface area contributed by atoms with Gasteiger partial charge in [-0.2, -0.15) is 5.10 Å². The summed E-state index contributed by atoms with van der Waals surface area (Å²) in [7, 11) is 0. The second-order valence-corrected chi connectivity index (χ2v) is 5.36. The fourth-order valence-corrected chi connectivity index (χ4v) is 2.46. The molecule has 2 amide bonds. The quantitative estimate of drug-likeness (QED) is 0.691. The Morgan fingerprint density at radius 2 is 2.50 bits per heavy atom. The van der Waals surface area contributed by atoms with Crippen LogP contribution in [0.15, 0.2) is 6.20 Å². The van der Waals surface area contributed by atoms with Gasteiger partial charge in [-0.3, -0.25) is 5.10 Å². The van der Waals surface area contributed by atoms with E-state index in [1.807, 2.05) is 20.0 Å². The molecule has 1 aromatic rings. The van der Waals surface area contributed by atoms with Crippen LogP contribution in [0.1, 0.15) is 37.4 Å². The van der Waals surface area contributed by atoms with Gasteiger partial charge in [-0.15, -0.1) is 0 Å². The summed E-state index contributed by atoms with van der Waals surface area (Å²) in [5.41, 5.74) is 2.31. The first-order chi connectivity index (χ1) is 9.66. The highest BCUT2D eigenvalue weighted by atomic mass is 16.5. The minimum absolute atomic E-state index is 0.0635. The number of H-pyrrole nitrogens is 1. The molecular formula is C14H24N4O2. The summed E-state index contributed by atoms with van der Waals surface area (Å²) in [6, 6.07) is -0.0504. The van der Waals surface area contributed by atoms with Gasteiger partial charge in [0, 0.05) is 18.8 Å². The fourth-order valence-electron chi connectivity index (χ4n) is 2.46. The molecule has 0 aliphatic carbocycles. The van der Waals surface area contributed by atoms with E-state index in [-0.39, 0.29) is 18.2 Å². The lowest BCUT2D eigenvalue weighted by atomic mass is 10.1. The van der Waals surface area contributed by atoms with Crippen LogP contribution in [0, 0.1) is 6.92 Å². The number of aryl methyl sites for hydroxylation is 2. The van der Waals surface area contributed by atoms with Gasteiger partial charge in [-0.1, -0.05) is 0 Å². The van der Waals surface area contributed by atoms with Crippen molar-refractivity contribution in [2.24, 2.45) is 0 Å². The largest absolute Gasteiger partial charge is 0.376 e. The SMILES string of the molecule is Cc1[nH]ncc1CCCNC(=O)N[C@@H](C)[C@H]1CCCO1. The summed E-state index contributed by atoms with van der Waals surface area (Å²) in [6.45, 7) is 5.47. The van der Waals surface area contributed by atoms with Crippen molar-refractivity contribution in [3.8, 4) is 0 Å². The van der Waals surface area contributed by atoms with Gasteiger partial charge in [0.05, 0.1) is 18.3 Å². The van der Waals surface area contributed by atoms with Gasteiger partial charge < -0.3 is 15.4 Å². The topological polar surface area (TPSA) is 79.0 Å². The molecule has 2 atom stereocenters. The van der Waals surface area contributed by atoms with Crippen molar-refractivity contribution in [1.82, 2.24) is 20.8 Å². The third kappa shape index (κ3) is 4.23. The van der Waals surface area contributed by atoms with Crippen molar-refractivity contribution in [2.75, 3.05) is 13.2 Å². The summed E-state index contributed by atoms with van der Waals surface area (Å²) in [5.74, 6) is 0. The van der Waals surface area contributed by atoms with Gasteiger partial charge >= 0.3 is 6.03 Å². The maximum absolute atomic E-state index is 11.7. The van der Waals surface area contributed by atoms with Crippen LogP contribution in [0.4, 0.5) is 4.79 Å². The molecule has 0 radical (unpaired) electrons. The smallest absolute Gasteiger partial charge is 0.315 e. The Kier molecular flexibility index (Phi) is 5.40. The highest BCUT2D eigenvalue weighted by molar-refractivity contribution is 5.74. The van der Waals surface area contributed by atoms with Crippen LogP contribution >= 0.6 is 0 Å². The lowest BCUT2D eigenvalue weighted by Crippen LogP contribution is -2.46. The fraction of sp³-hybridized carbons (Fsp3) is 0.714. The third-order valence-electron chi connectivity index (χ3n) is 3.72. The average molecular weight is 280 g/mol. The van der Waals surface area contributed by atoms with Crippen LogP contribution in [0.2, 0.25) is 0 Å². The van der Waals surface area contributed by atoms with Crippen LogP contribution < -0.4 is 10.6 Å². The number of carbonyl (C=O) groups excluding carboxylic acids is 1. The van der Waals surface area contributed by atoms with Gasteiger partial charge in [0.1, 0.15) is 0 Å². The molecule has 0 unspecified atom stereocenters. The number of nitrogens with one attached hydrogen (secondary N) is 3. The van der Waals surface area contributed by atoms with Crippen LogP contribution in [0.5, 0.6) is 0 Å². The molecule has 1 saturated heterocycles. The van der Waals surface area contributed by atoms with Crippen molar-refractivity contribution in [2.45, 2.75) is 51.7 Å². The van der Waals surface area contributed by atoms with Crippen LogP contribution in [0.3, 0.4) is 0 Å². The van der Waals surface area contributed by atoms with Gasteiger partial charge in [0.25, 0.3) is 0 Å². The molecule has 0 saturated carbocycles. The molecule has 0 bridgehead atoms. The molecule has 1 aliphatic rings. The monoisotopic (exact) mass is 280 g/mol. The summed E-state index contributed by atoms with van der Waals surface area (Å²) in [5, 5.41) is 12.7. The number of urea groups is 1. The van der Waals surface area contributed by atoms with Crippen LogP contribution in [0.25, 0.3) is 0 Å². The van der Waals surface area contributed by atoms with E-state index in [4.69, 9.17) is 4.74 Å². The molecule has 1 aromatic heterocycles. The number of nitrogens with zero attached hydrogens (tertiary/aromatic N) is 1. The number of rotatable bonds is 6. The zero-order valence-corrected chi connectivity index (χ0v) is 12.2. The Bertz CT molecular complexity index is 427. The molecule has 1 fully saturated rings. The number of carbonyl (C=O) groups is 1. The van der Waals surface area contributed by atoms with E-state index < -0.39 is 0 Å². The second-order valence-electron chi connectivity index (χ2n) is 5.36. The molecule has 2 heterocycles. The van der Waals surface area contributed by atoms with E-state index in [9.17, 15) is 4.79 Å². The first kappa shape index (κ1) is 14.8. The highest BCUT2D eigenvalue weighted by Crippen LogP contribution is 2.15. The van der Waals surface area contributed by atoms with Gasteiger partial charge in [-0.05, 0) is 45.1 Å². The summed E-state index contributed by atoms with van der Waals surface area (Å²) in [6.07, 6.45) is 5.94. The van der Waals surface area contributed by atoms with Crippen LogP contribution in [-0.4, -0.2) is 41.5 Å². The maximum atomic E-state index is 11.7. The molecular weight excluding hydrogens is 256 g/mol. The second kappa shape index (κ2) is 7.28. The molecule has 0 aromatic carbocycles. The molecule has 6 nitrogen and oxygen atoms in total. The maximum Gasteiger partial charge on any atom is 0.315 e. The Morgan fingerprint density at radius 1 is 1.65 bits per heavy atom. The Hall–Kier alpha value is -1.56. The van der Waals surface area contributed by atoms with E-state index in [0.29, 0.717) is 6.54 Å². The Balaban J connectivity index is 1.59. The molecule has 112 valence electrons. The van der Waals surface area contributed by atoms with Gasteiger partial charge in [0.2, 0.25) is 0 Å². The van der Waals surface area contributed by atoms with Gasteiger partial charge in [0.15, 0.2) is 0 Å². The Morgan fingerprint density at radius 3 is 3.15 bits per heavy atom. The Labute approximate surface area is 119 Å². The van der Waals surface area contributed by atoms with Crippen molar-refractivity contribution in [3.05, 3.63) is 17.5 Å². The third-order valence-corrected chi connectivity index (χ3v) is 3.72. The first-order valence-corrected chi connectivity index (χ1v) is 7.31. The predicted octanol–water partition coefficient (Wildman–Crippen LogP) is 1.52. The lowest BCUT2D eigenvalue weighted by molar-refractivity contribution is 0.0860. The molecule has 6 heteroatoms. The van der Waals surface area contributed by atoms with E-state index in [2.05, 4.69) is 20.8 Å². The van der Waals surface area contributed by atoms with Crippen molar-refractivity contribution in [3.63, 3.8) is 0 Å². The van der Waals surface area contributed by atoms with E-state index in [1.54, 1.807) is 0 Å². The minimum Gasteiger partial charge on any atom is -0.376 e. The first-order valence-electron chi connectivity index (χ1n) is 7.31. The summed E-state index contributed by atoms with van der Waals surface area (Å²) >= 11 is 0. The number of ether oxygens (including phenoxy) is 1. The number of hydrogen-bond donors (Lipinski definition) is 3. The normalized spacial score (nSPS) is 19.8. The van der Waals surface area contributed by atoms with Crippen molar-refractivity contribution < 1.29 is 9.53 Å². The zero-order chi connectivity index (χ0) is 14.4. The number of amides is 2. The number of hydrogen-bond acceptors (Lipinski definition) is 3. The average Bonchev–Trinajstić information content (AvgIpc) is 3.06. The molecule has 2 rings (SSSR count). The molecule has 20 heavy (non-hydrogen) atoms. The van der Waals surface area contributed by atoms with E-state index in [1.165, 1.54) is 5.56 Å². The van der Waals surface area contributed by atoms with Crippen molar-refractivity contribution in [1.29, 1.82) is 0 Å². The van der Waals surface area contributed by atoms with Gasteiger partial charge in [-0.25, -0.2) is 4.79 Å². The zero-order valence-electron chi connectivity index (χ0n) is 12.2. The lowest BCUT2D eigenvalue weighted by Gasteiger charge is -2.20.